The summed E-state index contributed by atoms with van der Waals surface area (Å²) in [6.07, 6.45) is -1.87. The zero-order valence-electron chi connectivity index (χ0n) is 10.6. The second-order valence-electron chi connectivity index (χ2n) is 4.32. The van der Waals surface area contributed by atoms with Gasteiger partial charge in [-0.25, -0.2) is 0 Å². The number of non-ortho nitro benzene ring substituents is 1. The van der Waals surface area contributed by atoms with E-state index >= 15 is 0 Å². The number of nitro benzene ring substituents is 1. The van der Waals surface area contributed by atoms with Crippen molar-refractivity contribution >= 4 is 29.2 Å². The van der Waals surface area contributed by atoms with Gasteiger partial charge in [-0.1, -0.05) is 5.11 Å². The fourth-order valence-electron chi connectivity index (χ4n) is 1.87. The first-order chi connectivity index (χ1) is 10.0. The van der Waals surface area contributed by atoms with Crippen LogP contribution in [-0.2, 0) is 0 Å². The molecule has 4 atom stereocenters. The maximum atomic E-state index is 10.6. The van der Waals surface area contributed by atoms with Gasteiger partial charge in [0.15, 0.2) is 0 Å². The van der Waals surface area contributed by atoms with E-state index in [1.54, 1.807) is 12.1 Å². The van der Waals surface area contributed by atoms with Crippen molar-refractivity contribution in [1.29, 1.82) is 0 Å². The van der Waals surface area contributed by atoms with Crippen molar-refractivity contribution in [2.24, 2.45) is 5.11 Å². The number of rotatable bonds is 4. The molecule has 0 amide bonds. The van der Waals surface area contributed by atoms with Crippen LogP contribution in [0.25, 0.3) is 10.4 Å². The van der Waals surface area contributed by atoms with Crippen LogP contribution in [-0.4, -0.2) is 43.7 Å². The third-order valence-corrected chi connectivity index (χ3v) is 5.83. The molecule has 1 aliphatic heterocycles. The van der Waals surface area contributed by atoms with Crippen LogP contribution in [0, 0.1) is 10.1 Å². The second-order valence-corrected chi connectivity index (χ2v) is 7.01. The van der Waals surface area contributed by atoms with Gasteiger partial charge in [0.2, 0.25) is 0 Å². The summed E-state index contributed by atoms with van der Waals surface area (Å²) in [4.78, 5) is 13.5. The Kier molecular flexibility index (Phi) is 5.32. The van der Waals surface area contributed by atoms with Gasteiger partial charge < -0.3 is 10.2 Å². The lowest BCUT2D eigenvalue weighted by atomic mass is 10.1. The van der Waals surface area contributed by atoms with E-state index in [9.17, 15) is 20.3 Å². The van der Waals surface area contributed by atoms with Crippen LogP contribution >= 0.6 is 23.5 Å². The molecule has 1 fully saturated rings. The highest BCUT2D eigenvalue weighted by Gasteiger charge is 2.38. The minimum atomic E-state index is -0.991. The highest BCUT2D eigenvalue weighted by Crippen LogP contribution is 2.39. The topological polar surface area (TPSA) is 132 Å². The van der Waals surface area contributed by atoms with E-state index in [1.165, 1.54) is 35.7 Å². The van der Waals surface area contributed by atoms with E-state index in [2.05, 4.69) is 10.0 Å². The lowest BCUT2D eigenvalue weighted by molar-refractivity contribution is -0.384. The van der Waals surface area contributed by atoms with E-state index < -0.39 is 23.2 Å². The van der Waals surface area contributed by atoms with Crippen molar-refractivity contribution in [3.05, 3.63) is 44.8 Å². The molecule has 0 unspecified atom stereocenters. The monoisotopic (exact) mass is 328 g/mol. The highest BCUT2D eigenvalue weighted by atomic mass is 32.2. The summed E-state index contributed by atoms with van der Waals surface area (Å²) in [5.74, 6) is 0.353. The van der Waals surface area contributed by atoms with Gasteiger partial charge >= 0.3 is 0 Å². The van der Waals surface area contributed by atoms with Gasteiger partial charge in [0.1, 0.15) is 0 Å². The summed E-state index contributed by atoms with van der Waals surface area (Å²) in [5, 5.41) is 33.9. The van der Waals surface area contributed by atoms with Gasteiger partial charge in [-0.15, -0.1) is 23.5 Å². The number of nitro groups is 1. The fourth-order valence-corrected chi connectivity index (χ4v) is 4.51. The van der Waals surface area contributed by atoms with Crippen LogP contribution in [0.2, 0.25) is 0 Å². The fraction of sp³-hybridized carbons (Fsp3) is 0.455. The molecule has 0 radical (unpaired) electrons. The molecule has 0 bridgehead atoms. The number of hydrogen-bond donors (Lipinski definition) is 2. The third kappa shape index (κ3) is 3.80. The summed E-state index contributed by atoms with van der Waals surface area (Å²) in [6, 6.07) is 5.10. The van der Waals surface area contributed by atoms with Crippen LogP contribution < -0.4 is 0 Å². The molecule has 8 nitrogen and oxygen atoms in total. The smallest absolute Gasteiger partial charge is 0.269 e. The minimum absolute atomic E-state index is 0.00132. The molecule has 2 N–H and O–H groups in total. The summed E-state index contributed by atoms with van der Waals surface area (Å²) in [6.45, 7) is 0. The molecule has 0 aromatic heterocycles. The average molecular weight is 328 g/mol. The molecule has 1 saturated heterocycles. The Hall–Kier alpha value is -1.45. The largest absolute Gasteiger partial charge is 0.392 e. The predicted molar refractivity (Wildman–Crippen MR) is 80.1 cm³/mol. The summed E-state index contributed by atoms with van der Waals surface area (Å²) in [5.41, 5.74) is 8.47. The summed E-state index contributed by atoms with van der Waals surface area (Å²) >= 11 is 2.68. The molecule has 0 aliphatic carbocycles. The summed E-state index contributed by atoms with van der Waals surface area (Å²) < 4.78 is -0.314. The molecule has 1 aromatic rings. The standard InChI is InChI=1S/C11H12N4O4S2/c12-14-13-9-8(16)5-20-11(10(9)17)21-7-3-1-6(2-4-7)15(18)19/h1-4,8-11,16-17H,5H2/t8-,9+,10-,11+/m1/s1. The molecular weight excluding hydrogens is 316 g/mol. The van der Waals surface area contributed by atoms with Gasteiger partial charge in [0.05, 0.1) is 27.8 Å². The molecule has 0 saturated carbocycles. The maximum Gasteiger partial charge on any atom is 0.269 e. The molecule has 21 heavy (non-hydrogen) atoms. The normalized spacial score (nSPS) is 28.7. The number of azide groups is 1. The van der Waals surface area contributed by atoms with Gasteiger partial charge in [0.25, 0.3) is 5.69 Å². The zero-order chi connectivity index (χ0) is 15.4. The molecule has 1 aromatic carbocycles. The van der Waals surface area contributed by atoms with Crippen LogP contribution in [0.4, 0.5) is 5.69 Å². The molecule has 0 spiro atoms. The Morgan fingerprint density at radius 2 is 2.10 bits per heavy atom. The number of benzene rings is 1. The van der Waals surface area contributed by atoms with E-state index in [4.69, 9.17) is 5.53 Å². The third-order valence-electron chi connectivity index (χ3n) is 2.94. The van der Waals surface area contributed by atoms with E-state index in [0.717, 1.165) is 4.90 Å². The molecule has 1 heterocycles. The van der Waals surface area contributed by atoms with E-state index in [-0.39, 0.29) is 10.3 Å². The van der Waals surface area contributed by atoms with Crippen LogP contribution in [0.15, 0.2) is 34.3 Å². The van der Waals surface area contributed by atoms with Crippen molar-refractivity contribution < 1.29 is 15.1 Å². The van der Waals surface area contributed by atoms with Crippen molar-refractivity contribution in [3.8, 4) is 0 Å². The molecule has 1 aliphatic rings. The van der Waals surface area contributed by atoms with Crippen molar-refractivity contribution in [2.45, 2.75) is 27.7 Å². The second kappa shape index (κ2) is 7.01. The van der Waals surface area contributed by atoms with Crippen LogP contribution in [0.1, 0.15) is 0 Å². The summed E-state index contributed by atoms with van der Waals surface area (Å²) in [7, 11) is 0. The predicted octanol–water partition coefficient (Wildman–Crippen LogP) is 2.16. The SMILES string of the molecule is [N-]=[N+]=N[C@@H]1[C@@H](O)[C@H](Sc2ccc([N+](=O)[O-])cc2)SC[C@H]1O. The van der Waals surface area contributed by atoms with Crippen molar-refractivity contribution in [2.75, 3.05) is 5.75 Å². The number of aliphatic hydroxyl groups excluding tert-OH is 2. The lowest BCUT2D eigenvalue weighted by Gasteiger charge is -2.34. The Balaban J connectivity index is 2.08. The molecule has 10 heteroatoms. The van der Waals surface area contributed by atoms with Gasteiger partial charge in [-0.3, -0.25) is 10.1 Å². The van der Waals surface area contributed by atoms with Gasteiger partial charge in [0, 0.05) is 27.7 Å². The van der Waals surface area contributed by atoms with Gasteiger partial charge in [-0.05, 0) is 17.7 Å². The zero-order valence-corrected chi connectivity index (χ0v) is 12.3. The maximum absolute atomic E-state index is 10.6. The minimum Gasteiger partial charge on any atom is -0.392 e. The van der Waals surface area contributed by atoms with E-state index in [0.29, 0.717) is 5.75 Å². The van der Waals surface area contributed by atoms with Crippen molar-refractivity contribution in [3.63, 3.8) is 0 Å². The Bertz CT molecular complexity index is 564. The molecular formula is C11H12N4O4S2. The first kappa shape index (κ1) is 15.9. The number of thioether (sulfide) groups is 2. The first-order valence-electron chi connectivity index (χ1n) is 5.96. The quantitative estimate of drug-likeness (QED) is 0.286. The Morgan fingerprint density at radius 3 is 2.67 bits per heavy atom. The lowest BCUT2D eigenvalue weighted by Crippen LogP contribution is -2.46. The average Bonchev–Trinajstić information content (AvgIpc) is 2.47. The number of nitrogens with zero attached hydrogens (tertiary/aromatic N) is 4. The number of hydrogen-bond acceptors (Lipinski definition) is 7. The highest BCUT2D eigenvalue weighted by molar-refractivity contribution is 8.17. The van der Waals surface area contributed by atoms with E-state index in [1.807, 2.05) is 0 Å². The van der Waals surface area contributed by atoms with Crippen molar-refractivity contribution in [1.82, 2.24) is 0 Å². The molecule has 2 rings (SSSR count). The van der Waals surface area contributed by atoms with Crippen LogP contribution in [0.3, 0.4) is 0 Å². The van der Waals surface area contributed by atoms with Gasteiger partial charge in [-0.2, -0.15) is 0 Å². The Morgan fingerprint density at radius 1 is 1.43 bits per heavy atom. The first-order valence-corrected chi connectivity index (χ1v) is 7.89. The van der Waals surface area contributed by atoms with Crippen LogP contribution in [0.5, 0.6) is 0 Å². The Labute approximate surface area is 128 Å². The number of aliphatic hydroxyl groups is 2. The molecule has 112 valence electrons.